The summed E-state index contributed by atoms with van der Waals surface area (Å²) in [6.07, 6.45) is 3.66. The molecule has 0 spiro atoms. The van der Waals surface area contributed by atoms with Crippen LogP contribution in [0.15, 0.2) is 4.99 Å². The highest BCUT2D eigenvalue weighted by Gasteiger charge is 2.18. The fraction of sp³-hybridized carbons (Fsp3) is 0.812. The molecule has 0 atom stereocenters. The lowest BCUT2D eigenvalue weighted by molar-refractivity contribution is -0.143. The van der Waals surface area contributed by atoms with Gasteiger partial charge in [-0.1, -0.05) is 0 Å². The molecule has 8 heteroatoms. The van der Waals surface area contributed by atoms with Gasteiger partial charge in [0.1, 0.15) is 0 Å². The van der Waals surface area contributed by atoms with E-state index in [0.29, 0.717) is 39.0 Å². The molecule has 0 aromatic carbocycles. The van der Waals surface area contributed by atoms with Crippen LogP contribution in [0.5, 0.6) is 0 Å². The number of amides is 1. The molecule has 1 amide bonds. The van der Waals surface area contributed by atoms with Gasteiger partial charge in [0.2, 0.25) is 5.91 Å². The van der Waals surface area contributed by atoms with E-state index >= 15 is 0 Å². The van der Waals surface area contributed by atoms with Crippen LogP contribution in [0.1, 0.15) is 46.0 Å². The molecule has 0 bridgehead atoms. The van der Waals surface area contributed by atoms with E-state index in [0.717, 1.165) is 38.4 Å². The van der Waals surface area contributed by atoms with E-state index in [1.54, 1.807) is 0 Å². The molecule has 0 unspecified atom stereocenters. The van der Waals surface area contributed by atoms with Crippen molar-refractivity contribution in [1.29, 1.82) is 0 Å². The number of rotatable bonds is 10. The minimum absolute atomic E-state index is 0. The second-order valence-electron chi connectivity index (χ2n) is 5.43. The molecule has 1 heterocycles. The first-order valence-corrected chi connectivity index (χ1v) is 8.63. The van der Waals surface area contributed by atoms with Crippen molar-refractivity contribution >= 4 is 41.8 Å². The maximum absolute atomic E-state index is 11.5. The second-order valence-corrected chi connectivity index (χ2v) is 5.43. The number of ether oxygens (including phenoxy) is 1. The number of guanidine groups is 1. The molecule has 0 radical (unpaired) electrons. The maximum atomic E-state index is 11.5. The number of carbonyl (C=O) groups is 2. The zero-order valence-electron chi connectivity index (χ0n) is 14.8. The standard InChI is InChI=1S/C16H30N4O3.HI/c1-3-17-16(18-10-5-9-15(22)23-4-2)19-11-7-13-20-12-6-8-14(20)21;/h3-13H2,1-2H3,(H2,17,18,19);1H. The van der Waals surface area contributed by atoms with E-state index < -0.39 is 0 Å². The van der Waals surface area contributed by atoms with Crippen LogP contribution in [0.3, 0.4) is 0 Å². The van der Waals surface area contributed by atoms with Crippen molar-refractivity contribution in [1.82, 2.24) is 15.5 Å². The quantitative estimate of drug-likeness (QED) is 0.172. The molecular formula is C16H31IN4O3. The molecule has 24 heavy (non-hydrogen) atoms. The van der Waals surface area contributed by atoms with Crippen LogP contribution in [0, 0.1) is 0 Å². The summed E-state index contributed by atoms with van der Waals surface area (Å²) in [4.78, 5) is 29.2. The van der Waals surface area contributed by atoms with Gasteiger partial charge in [0.15, 0.2) is 5.96 Å². The Kier molecular flexibility index (Phi) is 13.7. The molecule has 7 nitrogen and oxygen atoms in total. The van der Waals surface area contributed by atoms with Gasteiger partial charge in [-0.2, -0.15) is 0 Å². The highest BCUT2D eigenvalue weighted by atomic mass is 127. The van der Waals surface area contributed by atoms with Crippen molar-refractivity contribution in [3.8, 4) is 0 Å². The third-order valence-corrected chi connectivity index (χ3v) is 3.53. The Morgan fingerprint density at radius 3 is 2.71 bits per heavy atom. The summed E-state index contributed by atoms with van der Waals surface area (Å²) in [5.74, 6) is 0.855. The fourth-order valence-electron chi connectivity index (χ4n) is 2.41. The Bertz CT molecular complexity index is 405. The summed E-state index contributed by atoms with van der Waals surface area (Å²) < 4.78 is 4.89. The van der Waals surface area contributed by atoms with Gasteiger partial charge in [-0.25, -0.2) is 0 Å². The molecule has 1 saturated heterocycles. The molecule has 0 aromatic heterocycles. The molecule has 140 valence electrons. The lowest BCUT2D eigenvalue weighted by atomic mass is 10.3. The van der Waals surface area contributed by atoms with Crippen molar-refractivity contribution in [3.63, 3.8) is 0 Å². The summed E-state index contributed by atoms with van der Waals surface area (Å²) in [5.41, 5.74) is 0. The number of halogens is 1. The Morgan fingerprint density at radius 1 is 1.29 bits per heavy atom. The fourth-order valence-corrected chi connectivity index (χ4v) is 2.41. The van der Waals surface area contributed by atoms with Crippen LogP contribution >= 0.6 is 24.0 Å². The molecule has 1 aliphatic heterocycles. The molecule has 0 aromatic rings. The van der Waals surface area contributed by atoms with Gasteiger partial charge in [-0.15, -0.1) is 24.0 Å². The van der Waals surface area contributed by atoms with Crippen LogP contribution in [-0.2, 0) is 14.3 Å². The number of carbonyl (C=O) groups excluding carboxylic acids is 2. The minimum atomic E-state index is -0.161. The summed E-state index contributed by atoms with van der Waals surface area (Å²) in [6.45, 7) is 8.05. The normalized spacial score (nSPS) is 14.3. The van der Waals surface area contributed by atoms with E-state index in [1.165, 1.54) is 0 Å². The van der Waals surface area contributed by atoms with E-state index in [2.05, 4.69) is 15.6 Å². The number of hydrogen-bond donors (Lipinski definition) is 2. The number of hydrogen-bond acceptors (Lipinski definition) is 4. The Morgan fingerprint density at radius 2 is 2.08 bits per heavy atom. The molecule has 1 aliphatic rings. The van der Waals surface area contributed by atoms with Crippen LogP contribution in [0.4, 0.5) is 0 Å². The molecule has 0 saturated carbocycles. The van der Waals surface area contributed by atoms with Gasteiger partial charge >= 0.3 is 5.97 Å². The summed E-state index contributed by atoms with van der Waals surface area (Å²) >= 11 is 0. The van der Waals surface area contributed by atoms with Gasteiger partial charge < -0.3 is 20.3 Å². The monoisotopic (exact) mass is 454 g/mol. The van der Waals surface area contributed by atoms with Gasteiger partial charge in [-0.3, -0.25) is 14.6 Å². The third-order valence-electron chi connectivity index (χ3n) is 3.53. The number of nitrogens with zero attached hydrogens (tertiary/aromatic N) is 2. The van der Waals surface area contributed by atoms with E-state index in [-0.39, 0.29) is 35.9 Å². The Labute approximate surface area is 162 Å². The smallest absolute Gasteiger partial charge is 0.305 e. The van der Waals surface area contributed by atoms with Crippen molar-refractivity contribution in [2.24, 2.45) is 4.99 Å². The van der Waals surface area contributed by atoms with Crippen LogP contribution in [-0.4, -0.2) is 62.1 Å². The lowest BCUT2D eigenvalue weighted by Gasteiger charge is -2.15. The third kappa shape index (κ3) is 9.94. The second kappa shape index (κ2) is 14.3. The molecule has 0 aliphatic carbocycles. The van der Waals surface area contributed by atoms with Gasteiger partial charge in [0.05, 0.1) is 6.61 Å². The van der Waals surface area contributed by atoms with Crippen molar-refractivity contribution in [2.75, 3.05) is 39.3 Å². The Balaban J connectivity index is 0.00000529. The van der Waals surface area contributed by atoms with Crippen LogP contribution in [0.2, 0.25) is 0 Å². The molecular weight excluding hydrogens is 423 g/mol. The van der Waals surface area contributed by atoms with Crippen molar-refractivity contribution < 1.29 is 14.3 Å². The van der Waals surface area contributed by atoms with Crippen molar-refractivity contribution in [3.05, 3.63) is 0 Å². The first-order valence-electron chi connectivity index (χ1n) is 8.63. The summed E-state index contributed by atoms with van der Waals surface area (Å²) in [6, 6.07) is 0. The number of nitrogens with one attached hydrogen (secondary N) is 2. The predicted octanol–water partition coefficient (Wildman–Crippen LogP) is 1.52. The zero-order chi connectivity index (χ0) is 16.9. The maximum Gasteiger partial charge on any atom is 0.305 e. The van der Waals surface area contributed by atoms with E-state index in [4.69, 9.17) is 4.74 Å². The highest BCUT2D eigenvalue weighted by molar-refractivity contribution is 14.0. The minimum Gasteiger partial charge on any atom is -0.466 e. The average molecular weight is 454 g/mol. The van der Waals surface area contributed by atoms with Crippen LogP contribution in [0.25, 0.3) is 0 Å². The first-order chi connectivity index (χ1) is 11.2. The number of likely N-dealkylation sites (tertiary alicyclic amines) is 1. The van der Waals surface area contributed by atoms with E-state index in [1.807, 2.05) is 18.7 Å². The van der Waals surface area contributed by atoms with Gasteiger partial charge in [0.25, 0.3) is 0 Å². The summed E-state index contributed by atoms with van der Waals surface area (Å²) in [5, 5.41) is 6.38. The van der Waals surface area contributed by atoms with Gasteiger partial charge in [0, 0.05) is 45.6 Å². The van der Waals surface area contributed by atoms with Gasteiger partial charge in [-0.05, 0) is 33.1 Å². The zero-order valence-corrected chi connectivity index (χ0v) is 17.1. The Hall–Kier alpha value is -1.06. The van der Waals surface area contributed by atoms with Crippen LogP contribution < -0.4 is 10.6 Å². The largest absolute Gasteiger partial charge is 0.466 e. The first kappa shape index (κ1) is 22.9. The van der Waals surface area contributed by atoms with Crippen molar-refractivity contribution in [2.45, 2.75) is 46.0 Å². The van der Waals surface area contributed by atoms with E-state index in [9.17, 15) is 9.59 Å². The number of esters is 1. The SMILES string of the molecule is CCNC(=NCCCN1CCCC1=O)NCCCC(=O)OCC.I. The highest BCUT2D eigenvalue weighted by Crippen LogP contribution is 2.09. The molecule has 2 N–H and O–H groups in total. The lowest BCUT2D eigenvalue weighted by Crippen LogP contribution is -2.38. The molecule has 1 rings (SSSR count). The summed E-state index contributed by atoms with van der Waals surface area (Å²) in [7, 11) is 0. The number of aliphatic imine (C=N–C) groups is 1. The average Bonchev–Trinajstić information content (AvgIpc) is 2.93. The predicted molar refractivity (Wildman–Crippen MR) is 106 cm³/mol. The topological polar surface area (TPSA) is 83.0 Å². The molecule has 1 fully saturated rings.